The van der Waals surface area contributed by atoms with Crippen molar-refractivity contribution in [1.82, 2.24) is 14.6 Å². The van der Waals surface area contributed by atoms with Gasteiger partial charge in [0.25, 0.3) is 5.91 Å². The number of fused-ring (bicyclic) bond motifs is 3. The summed E-state index contributed by atoms with van der Waals surface area (Å²) in [6.45, 7) is 6.72. The number of rotatable bonds is 2. The molecule has 0 radical (unpaired) electrons. The molecular formula is C36H51ClN4O6S. The molecule has 4 heterocycles. The minimum Gasteiger partial charge on any atom is -0.485 e. The molecule has 6 rings (SSSR count). The van der Waals surface area contributed by atoms with E-state index in [1.54, 1.807) is 19.1 Å². The highest BCUT2D eigenvalue weighted by Gasteiger charge is 2.44. The number of ether oxygens (including phenoxy) is 3. The van der Waals surface area contributed by atoms with Gasteiger partial charge in [0.1, 0.15) is 12.3 Å². The number of sulfonamides is 1. The zero-order chi connectivity index (χ0) is 34.0. The molecule has 2 aromatic rings. The Bertz CT molecular complexity index is 1550. The molecule has 0 unspecified atom stereocenters. The minimum absolute atomic E-state index is 0.0578. The van der Waals surface area contributed by atoms with E-state index >= 15 is 0 Å². The number of carbonyl (C=O) groups is 1. The molecule has 12 heteroatoms. The SMILES string of the molecule is C[C@@H]1[C@@H](C)CCC[C@@H]([C@H]2OC[C@H](N(C)C)CO2)[C@@H]2CC[C@H]2CN2CCCCc3cc(Cl)ccc3COc3ccc(nc32)C(=O)NS1(=O)=O. The van der Waals surface area contributed by atoms with E-state index in [0.717, 1.165) is 70.0 Å². The van der Waals surface area contributed by atoms with Crippen molar-refractivity contribution in [3.05, 3.63) is 52.2 Å². The highest BCUT2D eigenvalue weighted by atomic mass is 35.5. The third-order valence-corrected chi connectivity index (χ3v) is 13.4. The van der Waals surface area contributed by atoms with Gasteiger partial charge in [0.2, 0.25) is 10.0 Å². The number of hydrogen-bond acceptors (Lipinski definition) is 9. The Morgan fingerprint density at radius 2 is 1.75 bits per heavy atom. The van der Waals surface area contributed by atoms with Crippen molar-refractivity contribution in [2.45, 2.75) is 89.4 Å². The molecular weight excluding hydrogens is 652 g/mol. The Kier molecular flexibility index (Phi) is 11.2. The first-order chi connectivity index (χ1) is 23.0. The fourth-order valence-electron chi connectivity index (χ4n) is 7.69. The molecule has 4 aliphatic rings. The van der Waals surface area contributed by atoms with E-state index in [1.807, 2.05) is 25.1 Å². The zero-order valence-corrected chi connectivity index (χ0v) is 30.3. The first-order valence-electron chi connectivity index (χ1n) is 17.6. The van der Waals surface area contributed by atoms with Gasteiger partial charge in [-0.25, -0.2) is 18.1 Å². The zero-order valence-electron chi connectivity index (χ0n) is 28.7. The number of carbonyl (C=O) groups excluding carboxylic acids is 1. The fraction of sp³-hybridized carbons (Fsp3) is 0.667. The average molecular weight is 703 g/mol. The summed E-state index contributed by atoms with van der Waals surface area (Å²) in [5, 5.41) is -0.0413. The summed E-state index contributed by atoms with van der Waals surface area (Å²) < 4.78 is 48.5. The van der Waals surface area contributed by atoms with E-state index in [1.165, 1.54) is 5.56 Å². The van der Waals surface area contributed by atoms with Crippen molar-refractivity contribution in [2.24, 2.45) is 23.7 Å². The number of benzene rings is 1. The summed E-state index contributed by atoms with van der Waals surface area (Å²) in [5.74, 6) is 1.28. The molecule has 1 N–H and O–H groups in total. The molecule has 1 aromatic carbocycles. The van der Waals surface area contributed by atoms with Crippen LogP contribution in [0, 0.1) is 23.7 Å². The number of halogens is 1. The Balaban J connectivity index is 1.35. The van der Waals surface area contributed by atoms with E-state index < -0.39 is 21.2 Å². The summed E-state index contributed by atoms with van der Waals surface area (Å²) in [6.07, 6.45) is 7.15. The van der Waals surface area contributed by atoms with E-state index in [4.69, 9.17) is 30.8 Å². The monoisotopic (exact) mass is 702 g/mol. The van der Waals surface area contributed by atoms with Crippen molar-refractivity contribution in [3.63, 3.8) is 0 Å². The second kappa shape index (κ2) is 15.2. The highest BCUT2D eigenvalue weighted by Crippen LogP contribution is 2.46. The van der Waals surface area contributed by atoms with Crippen molar-refractivity contribution in [3.8, 4) is 5.75 Å². The lowest BCUT2D eigenvalue weighted by molar-refractivity contribution is -0.240. The normalized spacial score (nSPS) is 31.7. The number of nitrogens with zero attached hydrogens (tertiary/aromatic N) is 3. The number of nitrogens with one attached hydrogen (secondary N) is 1. The van der Waals surface area contributed by atoms with Crippen LogP contribution in [0.3, 0.4) is 0 Å². The second-order valence-electron chi connectivity index (χ2n) is 14.5. The quantitative estimate of drug-likeness (QED) is 0.423. The van der Waals surface area contributed by atoms with Crippen molar-refractivity contribution >= 4 is 33.3 Å². The number of aryl methyl sites for hydroxylation is 1. The third kappa shape index (κ3) is 7.96. The summed E-state index contributed by atoms with van der Waals surface area (Å²) in [4.78, 5) is 22.7. The molecule has 10 nitrogen and oxygen atoms in total. The first kappa shape index (κ1) is 35.4. The molecule has 1 saturated heterocycles. The van der Waals surface area contributed by atoms with Gasteiger partial charge in [-0.2, -0.15) is 0 Å². The van der Waals surface area contributed by atoms with Gasteiger partial charge in [-0.05, 0) is 119 Å². The summed E-state index contributed by atoms with van der Waals surface area (Å²) in [5.41, 5.74) is 2.30. The molecule has 264 valence electrons. The van der Waals surface area contributed by atoms with E-state index in [9.17, 15) is 13.2 Å². The number of aromatic nitrogens is 1. The third-order valence-electron chi connectivity index (χ3n) is 11.2. The van der Waals surface area contributed by atoms with Gasteiger partial charge in [0.05, 0.1) is 24.5 Å². The van der Waals surface area contributed by atoms with E-state index in [-0.39, 0.29) is 29.9 Å². The predicted octanol–water partition coefficient (Wildman–Crippen LogP) is 5.67. The topological polar surface area (TPSA) is 110 Å². The molecule has 0 spiro atoms. The van der Waals surface area contributed by atoms with Gasteiger partial charge >= 0.3 is 0 Å². The predicted molar refractivity (Wildman–Crippen MR) is 187 cm³/mol. The van der Waals surface area contributed by atoms with Crippen LogP contribution in [-0.2, 0) is 32.5 Å². The smallest absolute Gasteiger partial charge is 0.283 e. The maximum absolute atomic E-state index is 13.4. The van der Waals surface area contributed by atoms with Gasteiger partial charge in [-0.15, -0.1) is 0 Å². The number of anilines is 1. The second-order valence-corrected chi connectivity index (χ2v) is 17.0. The maximum Gasteiger partial charge on any atom is 0.283 e. The van der Waals surface area contributed by atoms with Crippen molar-refractivity contribution < 1.29 is 27.4 Å². The lowest BCUT2D eigenvalue weighted by Gasteiger charge is -2.48. The molecule has 5 atom stereocenters. The first-order valence-corrected chi connectivity index (χ1v) is 19.5. The Labute approximate surface area is 290 Å². The van der Waals surface area contributed by atoms with E-state index in [2.05, 4.69) is 28.6 Å². The lowest BCUT2D eigenvalue weighted by Crippen LogP contribution is -2.50. The maximum atomic E-state index is 13.4. The standard InChI is InChI=1S/C36H51ClN4O6S/c1-23-8-7-10-31(36-46-21-29(22-47-36)40(3)4)30-14-12-26(30)19-41-17-6-5-9-25-18-28(37)13-11-27(25)20-45-33-16-15-32(38-34(33)41)35(42)39-48(43,44)24(23)2/h11,13,15-16,18,23-24,26,29-31,36H,5-10,12,14,17,19-22H2,1-4H3,(H,39,42)/t23-,24+,26-,29-,30+,31+,36-/m0/s1. The molecule has 2 bridgehead atoms. The molecule has 1 aromatic heterocycles. The van der Waals surface area contributed by atoms with Crippen LogP contribution in [0.2, 0.25) is 5.02 Å². The number of pyridine rings is 1. The number of hydrogen-bond donors (Lipinski definition) is 1. The van der Waals surface area contributed by atoms with Crippen LogP contribution in [0.15, 0.2) is 30.3 Å². The summed E-state index contributed by atoms with van der Waals surface area (Å²) >= 11 is 6.36. The molecule has 2 fully saturated rings. The van der Waals surface area contributed by atoms with Gasteiger partial charge in [0, 0.05) is 24.0 Å². The summed E-state index contributed by atoms with van der Waals surface area (Å²) in [7, 11) is 0.160. The average Bonchev–Trinajstić information content (AvgIpc) is 3.08. The van der Waals surface area contributed by atoms with Crippen molar-refractivity contribution in [1.29, 1.82) is 0 Å². The molecule has 3 aliphatic heterocycles. The fourth-order valence-corrected chi connectivity index (χ4v) is 9.18. The minimum atomic E-state index is -3.94. The van der Waals surface area contributed by atoms with Crippen molar-refractivity contribution in [2.75, 3.05) is 45.3 Å². The molecule has 1 amide bonds. The Hall–Kier alpha value is -2.44. The van der Waals surface area contributed by atoms with Crippen LogP contribution in [0.25, 0.3) is 0 Å². The van der Waals surface area contributed by atoms with Crippen LogP contribution >= 0.6 is 11.6 Å². The molecule has 1 saturated carbocycles. The lowest BCUT2D eigenvalue weighted by atomic mass is 9.65. The van der Waals surface area contributed by atoms with E-state index in [0.29, 0.717) is 48.2 Å². The van der Waals surface area contributed by atoms with Gasteiger partial charge in [-0.3, -0.25) is 4.79 Å². The van der Waals surface area contributed by atoms with Crippen LogP contribution in [0.4, 0.5) is 5.82 Å². The Morgan fingerprint density at radius 3 is 2.48 bits per heavy atom. The molecule has 48 heavy (non-hydrogen) atoms. The van der Waals surface area contributed by atoms with Crippen LogP contribution in [-0.4, -0.2) is 82.2 Å². The highest BCUT2D eigenvalue weighted by molar-refractivity contribution is 7.90. The Morgan fingerprint density at radius 1 is 0.958 bits per heavy atom. The van der Waals surface area contributed by atoms with Crippen LogP contribution < -0.4 is 14.4 Å². The summed E-state index contributed by atoms with van der Waals surface area (Å²) in [6, 6.07) is 9.45. The number of likely N-dealkylation sites (N-methyl/N-ethyl adjacent to an activating group) is 1. The number of amides is 1. The van der Waals surface area contributed by atoms with Gasteiger partial charge < -0.3 is 24.0 Å². The van der Waals surface area contributed by atoms with Crippen LogP contribution in [0.1, 0.15) is 80.4 Å². The van der Waals surface area contributed by atoms with Crippen LogP contribution in [0.5, 0.6) is 5.75 Å². The largest absolute Gasteiger partial charge is 0.485 e. The molecule has 1 aliphatic carbocycles. The van der Waals surface area contributed by atoms with Gasteiger partial charge in [-0.1, -0.05) is 31.0 Å². The van der Waals surface area contributed by atoms with Gasteiger partial charge in [0.15, 0.2) is 17.9 Å².